The first-order valence-corrected chi connectivity index (χ1v) is 6.51. The van der Waals surface area contributed by atoms with Crippen molar-refractivity contribution in [2.45, 2.75) is 12.6 Å². The minimum absolute atomic E-state index is 0.0421. The molecule has 3 rings (SSSR count). The van der Waals surface area contributed by atoms with Gasteiger partial charge in [0.15, 0.2) is 0 Å². The topological polar surface area (TPSA) is 114 Å². The summed E-state index contributed by atoms with van der Waals surface area (Å²) in [6.45, 7) is 0. The van der Waals surface area contributed by atoms with E-state index in [1.54, 1.807) is 0 Å². The molecule has 0 bridgehead atoms. The predicted molar refractivity (Wildman–Crippen MR) is 74.9 cm³/mol. The van der Waals surface area contributed by atoms with E-state index in [4.69, 9.17) is 14.5 Å². The molecule has 23 heavy (non-hydrogen) atoms. The Bertz CT molecular complexity index is 666. The molecule has 1 fully saturated rings. The average Bonchev–Trinajstić information content (AvgIpc) is 3.05. The van der Waals surface area contributed by atoms with E-state index < -0.39 is 22.4 Å². The molecule has 2 aromatic carbocycles. The van der Waals surface area contributed by atoms with Crippen LogP contribution < -0.4 is 0 Å². The fraction of sp³-hybridized carbons (Fsp3) is 0.143. The van der Waals surface area contributed by atoms with Gasteiger partial charge in [0.1, 0.15) is 0 Å². The summed E-state index contributed by atoms with van der Waals surface area (Å²) in [5.74, 6) is 0. The molecule has 0 saturated carbocycles. The van der Waals surface area contributed by atoms with Gasteiger partial charge in [-0.15, -0.1) is 0 Å². The van der Waals surface area contributed by atoms with Crippen LogP contribution in [0.3, 0.4) is 0 Å². The summed E-state index contributed by atoms with van der Waals surface area (Å²) >= 11 is 0. The van der Waals surface area contributed by atoms with Crippen molar-refractivity contribution in [1.29, 1.82) is 0 Å². The molecule has 2 atom stereocenters. The Morgan fingerprint density at radius 1 is 0.696 bits per heavy atom. The lowest BCUT2D eigenvalue weighted by atomic mass is 10.2. The quantitative estimate of drug-likeness (QED) is 0.483. The van der Waals surface area contributed by atoms with Gasteiger partial charge in [0.25, 0.3) is 11.4 Å². The lowest BCUT2D eigenvalue weighted by Gasteiger charge is -2.08. The van der Waals surface area contributed by atoms with Crippen molar-refractivity contribution < 1.29 is 24.4 Å². The van der Waals surface area contributed by atoms with E-state index in [-0.39, 0.29) is 11.4 Å². The van der Waals surface area contributed by atoms with E-state index in [2.05, 4.69) is 0 Å². The van der Waals surface area contributed by atoms with E-state index in [0.717, 1.165) is 0 Å². The lowest BCUT2D eigenvalue weighted by molar-refractivity contribution is -0.385. The molecule has 0 radical (unpaired) electrons. The molecular formula is C14H10N2O7. The van der Waals surface area contributed by atoms with Gasteiger partial charge in [-0.1, -0.05) is 0 Å². The number of rotatable bonds is 4. The van der Waals surface area contributed by atoms with Crippen molar-refractivity contribution in [2.24, 2.45) is 0 Å². The molecule has 2 unspecified atom stereocenters. The third-order valence-electron chi connectivity index (χ3n) is 3.23. The van der Waals surface area contributed by atoms with Crippen LogP contribution in [-0.2, 0) is 14.5 Å². The van der Waals surface area contributed by atoms with E-state index in [1.807, 2.05) is 0 Å². The van der Waals surface area contributed by atoms with E-state index in [9.17, 15) is 20.2 Å². The molecule has 0 aliphatic carbocycles. The third kappa shape index (κ3) is 3.16. The van der Waals surface area contributed by atoms with Gasteiger partial charge in [-0.25, -0.2) is 0 Å². The molecule has 1 aliphatic heterocycles. The first-order chi connectivity index (χ1) is 11.0. The molecule has 1 aliphatic rings. The third-order valence-corrected chi connectivity index (χ3v) is 3.23. The highest BCUT2D eigenvalue weighted by Gasteiger charge is 2.31. The van der Waals surface area contributed by atoms with Gasteiger partial charge in [-0.3, -0.25) is 20.2 Å². The van der Waals surface area contributed by atoms with Crippen molar-refractivity contribution in [2.75, 3.05) is 0 Å². The van der Waals surface area contributed by atoms with Gasteiger partial charge in [0, 0.05) is 35.4 Å². The summed E-state index contributed by atoms with van der Waals surface area (Å²) in [5, 5.41) is 21.2. The lowest BCUT2D eigenvalue weighted by Crippen LogP contribution is -2.01. The van der Waals surface area contributed by atoms with Gasteiger partial charge in [-0.05, 0) is 24.3 Å². The maximum atomic E-state index is 10.6. The molecule has 9 nitrogen and oxygen atoms in total. The fourth-order valence-corrected chi connectivity index (χ4v) is 2.03. The molecule has 1 heterocycles. The summed E-state index contributed by atoms with van der Waals surface area (Å²) in [6, 6.07) is 11.4. The first-order valence-electron chi connectivity index (χ1n) is 6.51. The largest absolute Gasteiger partial charge is 0.309 e. The normalized spacial score (nSPS) is 20.3. The predicted octanol–water partition coefficient (Wildman–Crippen LogP) is 3.18. The second-order valence-electron chi connectivity index (χ2n) is 4.69. The number of benzene rings is 2. The van der Waals surface area contributed by atoms with Gasteiger partial charge >= 0.3 is 0 Å². The molecule has 0 aromatic heterocycles. The van der Waals surface area contributed by atoms with Gasteiger partial charge < -0.3 is 4.74 Å². The smallest absolute Gasteiger partial charge is 0.269 e. The van der Waals surface area contributed by atoms with Crippen LogP contribution in [-0.4, -0.2) is 9.85 Å². The Balaban J connectivity index is 1.70. The summed E-state index contributed by atoms with van der Waals surface area (Å²) in [7, 11) is 0. The van der Waals surface area contributed by atoms with Crippen LogP contribution in [0.1, 0.15) is 23.7 Å². The summed E-state index contributed by atoms with van der Waals surface area (Å²) in [6.07, 6.45) is -1.67. The van der Waals surface area contributed by atoms with E-state index in [1.165, 1.54) is 48.5 Å². The summed E-state index contributed by atoms with van der Waals surface area (Å²) < 4.78 is 5.55. The molecule has 118 valence electrons. The number of nitrogens with zero attached hydrogens (tertiary/aromatic N) is 2. The number of hydrogen-bond donors (Lipinski definition) is 0. The fourth-order valence-electron chi connectivity index (χ4n) is 2.03. The maximum Gasteiger partial charge on any atom is 0.269 e. The molecule has 1 saturated heterocycles. The minimum Gasteiger partial charge on any atom is -0.309 e. The van der Waals surface area contributed by atoms with E-state index >= 15 is 0 Å². The highest BCUT2D eigenvalue weighted by molar-refractivity contribution is 5.34. The van der Waals surface area contributed by atoms with Crippen LogP contribution in [0.25, 0.3) is 0 Å². The SMILES string of the molecule is O=[N+]([O-])c1ccc(C2OOC(c3ccc([N+](=O)[O-])cc3)O2)cc1. The molecule has 2 aromatic rings. The van der Waals surface area contributed by atoms with Crippen LogP contribution in [0.4, 0.5) is 11.4 Å². The number of ether oxygens (including phenoxy) is 1. The second-order valence-corrected chi connectivity index (χ2v) is 4.69. The highest BCUT2D eigenvalue weighted by atomic mass is 17.3. The molecule has 0 N–H and O–H groups in total. The zero-order chi connectivity index (χ0) is 16.4. The van der Waals surface area contributed by atoms with Crippen molar-refractivity contribution in [3.8, 4) is 0 Å². The summed E-state index contributed by atoms with van der Waals surface area (Å²) in [5.41, 5.74) is 1.03. The average molecular weight is 318 g/mol. The molecule has 0 amide bonds. The first kappa shape index (κ1) is 15.0. The Hall–Kier alpha value is -2.88. The zero-order valence-electron chi connectivity index (χ0n) is 11.5. The maximum absolute atomic E-state index is 10.6. The van der Waals surface area contributed by atoms with Gasteiger partial charge in [0.2, 0.25) is 12.6 Å². The van der Waals surface area contributed by atoms with Crippen molar-refractivity contribution in [3.05, 3.63) is 79.9 Å². The monoisotopic (exact) mass is 318 g/mol. The van der Waals surface area contributed by atoms with Crippen LogP contribution >= 0.6 is 0 Å². The van der Waals surface area contributed by atoms with Crippen LogP contribution in [0.15, 0.2) is 48.5 Å². The molecule has 9 heteroatoms. The Morgan fingerprint density at radius 2 is 1.04 bits per heavy atom. The molecular weight excluding hydrogens is 308 g/mol. The molecule has 0 spiro atoms. The van der Waals surface area contributed by atoms with Crippen molar-refractivity contribution in [3.63, 3.8) is 0 Å². The van der Waals surface area contributed by atoms with Gasteiger partial charge in [0.05, 0.1) is 9.85 Å². The number of hydrogen-bond acceptors (Lipinski definition) is 7. The second kappa shape index (κ2) is 6.08. The van der Waals surface area contributed by atoms with Crippen LogP contribution in [0.2, 0.25) is 0 Å². The number of nitro groups is 2. The number of nitro benzene ring substituents is 2. The minimum atomic E-state index is -0.837. The number of non-ortho nitro benzene ring substituents is 2. The summed E-state index contributed by atoms with van der Waals surface area (Å²) in [4.78, 5) is 30.3. The Morgan fingerprint density at radius 3 is 1.35 bits per heavy atom. The van der Waals surface area contributed by atoms with Crippen molar-refractivity contribution >= 4 is 11.4 Å². The Kier molecular flexibility index (Phi) is 3.98. The Labute approximate surface area is 129 Å². The van der Waals surface area contributed by atoms with Crippen LogP contribution in [0.5, 0.6) is 0 Å². The highest BCUT2D eigenvalue weighted by Crippen LogP contribution is 2.37. The van der Waals surface area contributed by atoms with Crippen LogP contribution in [0, 0.1) is 20.2 Å². The van der Waals surface area contributed by atoms with Gasteiger partial charge in [-0.2, -0.15) is 9.78 Å². The van der Waals surface area contributed by atoms with Crippen molar-refractivity contribution in [1.82, 2.24) is 0 Å². The standard InChI is InChI=1S/C14H10N2O7/c17-15(18)11-5-1-9(2-6-11)13-21-14(23-22-13)10-3-7-12(8-4-10)16(19)20/h1-8,13-14H. The zero-order valence-corrected chi connectivity index (χ0v) is 11.5. The van der Waals surface area contributed by atoms with E-state index in [0.29, 0.717) is 11.1 Å².